The second-order valence-electron chi connectivity index (χ2n) is 9.73. The third-order valence-corrected chi connectivity index (χ3v) is 7.55. The molecule has 1 fully saturated rings. The fourth-order valence-corrected chi connectivity index (χ4v) is 5.50. The monoisotopic (exact) mass is 444 g/mol. The molecule has 1 saturated heterocycles. The quantitative estimate of drug-likeness (QED) is 0.521. The average molecular weight is 445 g/mol. The van der Waals surface area contributed by atoms with Crippen molar-refractivity contribution < 1.29 is 4.55 Å². The first-order valence-corrected chi connectivity index (χ1v) is 12.9. The maximum atomic E-state index is 13.1. The number of benzene rings is 1. The lowest BCUT2D eigenvalue weighted by atomic mass is 9.91. The molecule has 0 amide bonds. The lowest BCUT2D eigenvalue weighted by Gasteiger charge is -2.28. The fourth-order valence-electron chi connectivity index (χ4n) is 4.61. The van der Waals surface area contributed by atoms with Crippen molar-refractivity contribution in [1.29, 1.82) is 0 Å². The van der Waals surface area contributed by atoms with Gasteiger partial charge in [0, 0.05) is 7.05 Å². The number of nitrogens with zero attached hydrogens (tertiary/aromatic N) is 3. The van der Waals surface area contributed by atoms with Crippen molar-refractivity contribution in [2.24, 2.45) is 13.0 Å². The van der Waals surface area contributed by atoms with Gasteiger partial charge in [0.2, 0.25) is 0 Å². The molecule has 0 radical (unpaired) electrons. The second kappa shape index (κ2) is 10.9. The Bertz CT molecular complexity index is 823. The van der Waals surface area contributed by atoms with Crippen molar-refractivity contribution in [3.05, 3.63) is 41.2 Å². The number of piperidine rings is 1. The molecule has 0 bridgehead atoms. The Morgan fingerprint density at radius 1 is 1.06 bits per heavy atom. The van der Waals surface area contributed by atoms with Gasteiger partial charge in [-0.3, -0.25) is 4.68 Å². The molecule has 3 rings (SSSR count). The van der Waals surface area contributed by atoms with Gasteiger partial charge in [0.05, 0.1) is 11.4 Å². The number of hydrogen-bond donors (Lipinski definition) is 1. The van der Waals surface area contributed by atoms with E-state index in [0.717, 1.165) is 34.3 Å². The Morgan fingerprint density at radius 2 is 1.71 bits per heavy atom. The van der Waals surface area contributed by atoms with Gasteiger partial charge in [-0.05, 0) is 81.3 Å². The van der Waals surface area contributed by atoms with Crippen LogP contribution < -0.4 is 4.72 Å². The summed E-state index contributed by atoms with van der Waals surface area (Å²) in [6, 6.07) is 8.29. The van der Waals surface area contributed by atoms with E-state index in [1.165, 1.54) is 44.3 Å². The molecule has 1 aliphatic heterocycles. The summed E-state index contributed by atoms with van der Waals surface area (Å²) in [6.45, 7) is 11.0. The summed E-state index contributed by atoms with van der Waals surface area (Å²) in [5, 5.41) is 4.69. The molecule has 1 unspecified atom stereocenters. The van der Waals surface area contributed by atoms with Crippen molar-refractivity contribution in [2.45, 2.75) is 76.5 Å². The van der Waals surface area contributed by atoms with Gasteiger partial charge in [0.1, 0.15) is 17.0 Å². The SMILES string of the molecule is CC(C)c1nn(C)c(C(C)C)c1N[S+]([O-])c1ccc(CCCC2CCN(C)CC2)cc1. The molecule has 172 valence electrons. The highest BCUT2D eigenvalue weighted by molar-refractivity contribution is 7.92. The normalized spacial score (nSPS) is 16.9. The minimum absolute atomic E-state index is 0.269. The number of rotatable bonds is 9. The molecule has 5 nitrogen and oxygen atoms in total. The number of likely N-dealkylation sites (tertiary alicyclic amines) is 1. The van der Waals surface area contributed by atoms with Crippen LogP contribution in [0.5, 0.6) is 0 Å². The van der Waals surface area contributed by atoms with Gasteiger partial charge < -0.3 is 9.45 Å². The first kappa shape index (κ1) is 24.1. The molecule has 0 spiro atoms. The van der Waals surface area contributed by atoms with Crippen LogP contribution in [0.25, 0.3) is 0 Å². The average Bonchev–Trinajstić information content (AvgIpc) is 3.06. The van der Waals surface area contributed by atoms with Gasteiger partial charge in [0.25, 0.3) is 0 Å². The smallest absolute Gasteiger partial charge is 0.179 e. The summed E-state index contributed by atoms with van der Waals surface area (Å²) in [5.41, 5.74) is 4.33. The van der Waals surface area contributed by atoms with E-state index in [9.17, 15) is 4.55 Å². The molecule has 6 heteroatoms. The van der Waals surface area contributed by atoms with Gasteiger partial charge in [-0.2, -0.15) is 9.82 Å². The Hall–Kier alpha value is -1.50. The van der Waals surface area contributed by atoms with E-state index in [0.29, 0.717) is 5.92 Å². The van der Waals surface area contributed by atoms with Crippen LogP contribution in [-0.2, 0) is 24.8 Å². The van der Waals surface area contributed by atoms with Gasteiger partial charge >= 0.3 is 0 Å². The Labute approximate surface area is 191 Å². The zero-order chi connectivity index (χ0) is 22.5. The predicted octanol–water partition coefficient (Wildman–Crippen LogP) is 5.47. The zero-order valence-electron chi connectivity index (χ0n) is 20.1. The number of aromatic nitrogens is 2. The maximum Gasteiger partial charge on any atom is 0.179 e. The minimum atomic E-state index is -1.30. The topological polar surface area (TPSA) is 56.1 Å². The largest absolute Gasteiger partial charge is 0.588 e. The number of nitrogens with one attached hydrogen (secondary N) is 1. The molecule has 31 heavy (non-hydrogen) atoms. The highest BCUT2D eigenvalue weighted by Crippen LogP contribution is 2.33. The van der Waals surface area contributed by atoms with E-state index in [4.69, 9.17) is 0 Å². The third-order valence-electron chi connectivity index (χ3n) is 6.46. The molecule has 0 aliphatic carbocycles. The summed E-state index contributed by atoms with van der Waals surface area (Å²) in [6.07, 6.45) is 6.33. The van der Waals surface area contributed by atoms with Crippen molar-refractivity contribution in [3.63, 3.8) is 0 Å². The zero-order valence-corrected chi connectivity index (χ0v) is 21.0. The standard InChI is InChI=1S/C25H40N4OS/c1-18(2)23-24(25(19(3)4)29(6)26-23)27-31(30)22-12-10-20(11-13-22)8-7-9-21-14-16-28(5)17-15-21/h10-13,18-19,21,27H,7-9,14-17H2,1-6H3. The molecule has 1 N–H and O–H groups in total. The van der Waals surface area contributed by atoms with Crippen LogP contribution in [0.2, 0.25) is 0 Å². The van der Waals surface area contributed by atoms with Gasteiger partial charge in [-0.15, -0.1) is 0 Å². The Morgan fingerprint density at radius 3 is 2.29 bits per heavy atom. The van der Waals surface area contributed by atoms with Gasteiger partial charge in [0.15, 0.2) is 4.90 Å². The Kier molecular flexibility index (Phi) is 8.48. The highest BCUT2D eigenvalue weighted by atomic mass is 32.2. The second-order valence-corrected chi connectivity index (χ2v) is 10.9. The van der Waals surface area contributed by atoms with E-state index in [1.807, 2.05) is 23.9 Å². The number of aryl methyl sites for hydroxylation is 2. The van der Waals surface area contributed by atoms with Crippen LogP contribution in [0, 0.1) is 5.92 Å². The third kappa shape index (κ3) is 6.27. The summed E-state index contributed by atoms with van der Waals surface area (Å²) < 4.78 is 18.3. The molecule has 2 aromatic rings. The predicted molar refractivity (Wildman–Crippen MR) is 131 cm³/mol. The summed E-state index contributed by atoms with van der Waals surface area (Å²) in [7, 11) is 4.19. The van der Waals surface area contributed by atoms with Gasteiger partial charge in [-0.1, -0.05) is 46.2 Å². The van der Waals surface area contributed by atoms with Crippen molar-refractivity contribution >= 4 is 17.0 Å². The van der Waals surface area contributed by atoms with Crippen molar-refractivity contribution in [2.75, 3.05) is 24.9 Å². The van der Waals surface area contributed by atoms with Crippen LogP contribution in [0.3, 0.4) is 0 Å². The van der Waals surface area contributed by atoms with E-state index >= 15 is 0 Å². The molecule has 1 aromatic heterocycles. The minimum Gasteiger partial charge on any atom is -0.588 e. The van der Waals surface area contributed by atoms with Crippen LogP contribution in [-0.4, -0.2) is 39.4 Å². The number of hydrogen-bond acceptors (Lipinski definition) is 4. The van der Waals surface area contributed by atoms with E-state index in [2.05, 4.69) is 61.6 Å². The Balaban J connectivity index is 1.59. The highest BCUT2D eigenvalue weighted by Gasteiger charge is 2.25. The van der Waals surface area contributed by atoms with Crippen LogP contribution in [0.15, 0.2) is 29.2 Å². The number of anilines is 1. The van der Waals surface area contributed by atoms with Crippen molar-refractivity contribution in [1.82, 2.24) is 14.7 Å². The lowest BCUT2D eigenvalue weighted by Crippen LogP contribution is -2.30. The molecule has 1 aliphatic rings. The first-order chi connectivity index (χ1) is 14.8. The molecule has 2 heterocycles. The van der Waals surface area contributed by atoms with Crippen molar-refractivity contribution in [3.8, 4) is 0 Å². The van der Waals surface area contributed by atoms with E-state index in [1.54, 1.807) is 0 Å². The summed E-state index contributed by atoms with van der Waals surface area (Å²) >= 11 is -1.30. The lowest BCUT2D eigenvalue weighted by molar-refractivity contribution is 0.210. The maximum absolute atomic E-state index is 13.1. The molecule has 0 saturated carbocycles. The van der Waals surface area contributed by atoms with Crippen LogP contribution in [0.1, 0.15) is 82.2 Å². The molecule has 1 aromatic carbocycles. The molecule has 1 atom stereocenters. The van der Waals surface area contributed by atoms with E-state index in [-0.39, 0.29) is 5.92 Å². The fraction of sp³-hybridized carbons (Fsp3) is 0.640. The van der Waals surface area contributed by atoms with Crippen LogP contribution in [0.4, 0.5) is 5.69 Å². The van der Waals surface area contributed by atoms with E-state index < -0.39 is 11.4 Å². The van der Waals surface area contributed by atoms with Gasteiger partial charge in [-0.25, -0.2) is 0 Å². The summed E-state index contributed by atoms with van der Waals surface area (Å²) in [5.74, 6) is 1.46. The van der Waals surface area contributed by atoms with Crippen LogP contribution >= 0.6 is 0 Å². The summed E-state index contributed by atoms with van der Waals surface area (Å²) in [4.78, 5) is 3.25. The first-order valence-electron chi connectivity index (χ1n) is 11.8. The molecular weight excluding hydrogens is 404 g/mol. The molecular formula is C25H40N4OS.